The van der Waals surface area contributed by atoms with E-state index >= 15 is 0 Å². The van der Waals surface area contributed by atoms with Gasteiger partial charge in [0, 0.05) is 6.42 Å². The van der Waals surface area contributed by atoms with Crippen LogP contribution in [0.4, 0.5) is 0 Å². The maximum Gasteiger partial charge on any atom is 0.397 e. The van der Waals surface area contributed by atoms with Crippen molar-refractivity contribution in [3.63, 3.8) is 0 Å². The fourth-order valence-corrected chi connectivity index (χ4v) is 9.55. The van der Waals surface area contributed by atoms with Crippen LogP contribution in [0.5, 0.6) is 0 Å². The molecule has 6 N–H and O–H groups in total. The molecule has 1 heterocycles. The molecule has 1 aliphatic rings. The number of aliphatic hydroxyl groups excluding tert-OH is 4. The molecule has 392 valence electrons. The lowest BCUT2D eigenvalue weighted by Gasteiger charge is -2.41. The van der Waals surface area contributed by atoms with E-state index in [1.807, 2.05) is 0 Å². The Morgan fingerprint density at radius 3 is 1.36 bits per heavy atom. The van der Waals surface area contributed by atoms with Crippen LogP contribution in [0.1, 0.15) is 264 Å². The van der Waals surface area contributed by atoms with Gasteiger partial charge in [-0.05, 0) is 38.5 Å². The highest BCUT2D eigenvalue weighted by Crippen LogP contribution is 2.26. The highest BCUT2D eigenvalue weighted by atomic mass is 32.3. The third kappa shape index (κ3) is 35.9. The molecule has 1 fully saturated rings. The quantitative estimate of drug-likeness (QED) is 0.0193. The van der Waals surface area contributed by atoms with Crippen LogP contribution >= 0.6 is 0 Å². The average Bonchev–Trinajstić information content (AvgIpc) is 3.29. The van der Waals surface area contributed by atoms with Crippen molar-refractivity contribution in [1.29, 1.82) is 0 Å². The predicted molar refractivity (Wildman–Crippen MR) is 269 cm³/mol. The maximum absolute atomic E-state index is 13.1. The van der Waals surface area contributed by atoms with Crippen LogP contribution < -0.4 is 5.32 Å². The van der Waals surface area contributed by atoms with Crippen molar-refractivity contribution in [2.75, 3.05) is 13.2 Å². The van der Waals surface area contributed by atoms with E-state index in [1.54, 1.807) is 0 Å². The number of hydrogen-bond donors (Lipinski definition) is 6. The topological polar surface area (TPSA) is 192 Å². The summed E-state index contributed by atoms with van der Waals surface area (Å²) in [5.41, 5.74) is 0. The first kappa shape index (κ1) is 62.9. The molecule has 1 amide bonds. The summed E-state index contributed by atoms with van der Waals surface area (Å²) in [5.74, 6) is -0.228. The first-order valence-corrected chi connectivity index (χ1v) is 28.9. The Kier molecular flexibility index (Phi) is 41.7. The fraction of sp³-hybridized carbons (Fsp3) is 0.943. The van der Waals surface area contributed by atoms with Crippen LogP contribution in [-0.2, 0) is 28.9 Å². The van der Waals surface area contributed by atoms with Gasteiger partial charge in [0.1, 0.15) is 24.4 Å². The average molecular weight is 962 g/mol. The van der Waals surface area contributed by atoms with Crippen molar-refractivity contribution < 1.29 is 51.8 Å². The smallest absolute Gasteiger partial charge is 0.394 e. The van der Waals surface area contributed by atoms with E-state index in [9.17, 15) is 38.2 Å². The molecule has 66 heavy (non-hydrogen) atoms. The van der Waals surface area contributed by atoms with Gasteiger partial charge in [-0.3, -0.25) is 9.35 Å². The summed E-state index contributed by atoms with van der Waals surface area (Å²) in [4.78, 5) is 13.1. The molecule has 7 unspecified atom stereocenters. The number of amides is 1. The summed E-state index contributed by atoms with van der Waals surface area (Å²) in [6, 6.07) is -0.855. The van der Waals surface area contributed by atoms with Gasteiger partial charge < -0.3 is 35.2 Å². The molecule has 1 saturated heterocycles. The fourth-order valence-electron chi connectivity index (χ4n) is 9.04. The van der Waals surface area contributed by atoms with Gasteiger partial charge >= 0.3 is 10.4 Å². The van der Waals surface area contributed by atoms with Gasteiger partial charge in [0.15, 0.2) is 6.29 Å². The van der Waals surface area contributed by atoms with Gasteiger partial charge in [0.05, 0.1) is 25.4 Å². The van der Waals surface area contributed by atoms with Gasteiger partial charge in [0.2, 0.25) is 5.91 Å². The zero-order valence-corrected chi connectivity index (χ0v) is 43.1. The largest absolute Gasteiger partial charge is 0.397 e. The number of allylic oxidation sites excluding steroid dienone is 2. The summed E-state index contributed by atoms with van der Waals surface area (Å²) >= 11 is 0. The number of unbranched alkanes of at least 4 members (excludes halogenated alkanes) is 34. The molecule has 0 bridgehead atoms. The number of nitrogens with one attached hydrogen (secondary N) is 1. The molecule has 1 rings (SSSR count). The van der Waals surface area contributed by atoms with E-state index in [-0.39, 0.29) is 12.5 Å². The number of carbonyl (C=O) groups is 1. The molecular formula is C53H103NO11S. The van der Waals surface area contributed by atoms with Crippen molar-refractivity contribution in [2.45, 2.75) is 307 Å². The highest BCUT2D eigenvalue weighted by molar-refractivity contribution is 7.80. The van der Waals surface area contributed by atoms with Gasteiger partial charge in [0.25, 0.3) is 0 Å². The van der Waals surface area contributed by atoms with Crippen LogP contribution in [0.3, 0.4) is 0 Å². The summed E-state index contributed by atoms with van der Waals surface area (Å²) < 4.78 is 47.8. The number of aliphatic hydroxyl groups is 4. The second-order valence-electron chi connectivity index (χ2n) is 19.5. The number of ether oxygens (including phenoxy) is 2. The Morgan fingerprint density at radius 2 is 0.970 bits per heavy atom. The monoisotopic (exact) mass is 962 g/mol. The Balaban J connectivity index is 2.29. The van der Waals surface area contributed by atoms with Gasteiger partial charge in [-0.15, -0.1) is 0 Å². The van der Waals surface area contributed by atoms with E-state index < -0.39 is 59.9 Å². The molecule has 1 aliphatic heterocycles. The minimum absolute atomic E-state index is 0.228. The maximum atomic E-state index is 13.1. The standard InChI is InChI=1S/C53H103NO11S/c1-3-5-7-9-11-13-15-17-18-19-20-21-22-23-24-25-26-27-28-29-30-31-33-35-37-39-41-43-49(57)54-46(47(56)42-40-38-36-34-32-16-14-12-10-8-6-4-2)45-63-53-51(59)52(65-66(60,61)62)50(58)48(44-55)64-53/h23-24,46-48,50-53,55-56,58-59H,3-22,25-45H2,1-2H3,(H,54,57)(H,60,61,62)/b24-23-. The van der Waals surface area contributed by atoms with Crippen molar-refractivity contribution >= 4 is 16.3 Å². The first-order chi connectivity index (χ1) is 32.0. The van der Waals surface area contributed by atoms with Crippen molar-refractivity contribution in [2.24, 2.45) is 0 Å². The predicted octanol–water partition coefficient (Wildman–Crippen LogP) is 12.3. The van der Waals surface area contributed by atoms with Crippen molar-refractivity contribution in [3.05, 3.63) is 12.2 Å². The molecule has 0 saturated carbocycles. The number of carbonyl (C=O) groups excluding carboxylic acids is 1. The molecule has 0 aromatic heterocycles. The number of hydrogen-bond acceptors (Lipinski definition) is 10. The lowest BCUT2D eigenvalue weighted by molar-refractivity contribution is -0.298. The van der Waals surface area contributed by atoms with E-state index in [1.165, 1.54) is 186 Å². The number of rotatable bonds is 48. The van der Waals surface area contributed by atoms with Gasteiger partial charge in [-0.2, -0.15) is 8.42 Å². The summed E-state index contributed by atoms with van der Waals surface area (Å²) in [7, 11) is -5.08. The molecule has 0 aromatic carbocycles. The molecule has 7 atom stereocenters. The summed E-state index contributed by atoms with van der Waals surface area (Å²) in [6.45, 7) is 3.47. The highest BCUT2D eigenvalue weighted by Gasteiger charge is 2.48. The molecule has 0 radical (unpaired) electrons. The Labute approximate surface area is 404 Å². The van der Waals surface area contributed by atoms with E-state index in [2.05, 4.69) is 35.5 Å². The Bertz CT molecular complexity index is 1220. The van der Waals surface area contributed by atoms with Crippen molar-refractivity contribution in [1.82, 2.24) is 5.32 Å². The van der Waals surface area contributed by atoms with Gasteiger partial charge in [-0.1, -0.05) is 231 Å². The molecule has 13 heteroatoms. The SMILES string of the molecule is CCCCCCCCCCCCCC/C=C\CCCCCCCCCCCCCC(=O)NC(COC1OC(CO)C(O)C(OS(=O)(=O)O)C1O)C(O)CCCCCCCCCCCCCC. The normalized spacial score (nSPS) is 20.0. The van der Waals surface area contributed by atoms with Crippen LogP contribution in [0.15, 0.2) is 12.2 Å². The Morgan fingerprint density at radius 1 is 0.591 bits per heavy atom. The zero-order valence-electron chi connectivity index (χ0n) is 42.3. The van der Waals surface area contributed by atoms with E-state index in [0.717, 1.165) is 51.4 Å². The molecule has 12 nitrogen and oxygen atoms in total. The third-order valence-electron chi connectivity index (χ3n) is 13.3. The molecule has 0 aliphatic carbocycles. The van der Waals surface area contributed by atoms with Crippen molar-refractivity contribution in [3.8, 4) is 0 Å². The van der Waals surface area contributed by atoms with Crippen LogP contribution in [0, 0.1) is 0 Å². The lowest BCUT2D eigenvalue weighted by Crippen LogP contribution is -2.61. The molecular weight excluding hydrogens is 859 g/mol. The lowest BCUT2D eigenvalue weighted by atomic mass is 9.99. The van der Waals surface area contributed by atoms with Crippen LogP contribution in [0.2, 0.25) is 0 Å². The van der Waals surface area contributed by atoms with Gasteiger partial charge in [-0.25, -0.2) is 4.18 Å². The zero-order chi connectivity index (χ0) is 48.4. The van der Waals surface area contributed by atoms with Crippen LogP contribution in [-0.4, -0.2) is 95.4 Å². The van der Waals surface area contributed by atoms with Crippen LogP contribution in [0.25, 0.3) is 0 Å². The minimum Gasteiger partial charge on any atom is -0.394 e. The third-order valence-corrected chi connectivity index (χ3v) is 13.8. The second-order valence-corrected chi connectivity index (χ2v) is 20.6. The molecule has 0 aromatic rings. The minimum atomic E-state index is -5.08. The second kappa shape index (κ2) is 43.8. The molecule has 0 spiro atoms. The van der Waals surface area contributed by atoms with E-state index in [0.29, 0.717) is 12.8 Å². The summed E-state index contributed by atoms with van der Waals surface area (Å²) in [6.07, 6.45) is 42.3. The van der Waals surface area contributed by atoms with E-state index in [4.69, 9.17) is 9.47 Å². The first-order valence-electron chi connectivity index (χ1n) is 27.6. The Hall–Kier alpha value is -1.16. The summed E-state index contributed by atoms with van der Waals surface area (Å²) in [5, 5.41) is 44.9.